The summed E-state index contributed by atoms with van der Waals surface area (Å²) in [5.41, 5.74) is 5.57. The van der Waals surface area contributed by atoms with Crippen molar-refractivity contribution in [2.75, 3.05) is 10.5 Å². The van der Waals surface area contributed by atoms with E-state index in [1.807, 2.05) is 0 Å². The van der Waals surface area contributed by atoms with Crippen molar-refractivity contribution in [1.82, 2.24) is 9.78 Å². The number of halogens is 3. The molecule has 0 atom stereocenters. The van der Waals surface area contributed by atoms with Crippen LogP contribution in [0.1, 0.15) is 0 Å². The molecule has 0 bridgehead atoms. The molecular weight excluding hydrogens is 347 g/mol. The average molecular weight is 356 g/mol. The first-order valence-corrected chi connectivity index (χ1v) is 7.79. The molecule has 0 spiro atoms. The molecule has 0 aliphatic carbocycles. The summed E-state index contributed by atoms with van der Waals surface area (Å²) in [6.45, 7) is 0. The van der Waals surface area contributed by atoms with Gasteiger partial charge in [0.25, 0.3) is 10.0 Å². The molecule has 0 saturated carbocycles. The molecule has 3 N–H and O–H groups in total. The fourth-order valence-electron chi connectivity index (χ4n) is 1.52. The number of nitrogens with one attached hydrogen (secondary N) is 1. The molecule has 1 heterocycles. The van der Waals surface area contributed by atoms with E-state index in [0.717, 1.165) is 0 Å². The molecule has 0 amide bonds. The van der Waals surface area contributed by atoms with Gasteiger partial charge in [0.05, 0.1) is 15.7 Å². The van der Waals surface area contributed by atoms with Crippen molar-refractivity contribution in [3.8, 4) is 0 Å². The third-order valence-corrected chi connectivity index (χ3v) is 4.54. The first-order chi connectivity index (χ1) is 9.20. The topological polar surface area (TPSA) is 90.0 Å². The SMILES string of the molecule is Cn1cc(S(=O)(=O)Nc2c(Cl)cc(Cl)cc2Cl)c(N)n1. The van der Waals surface area contributed by atoms with E-state index < -0.39 is 10.0 Å². The minimum absolute atomic E-state index is 0.0287. The van der Waals surface area contributed by atoms with Crippen LogP contribution in [0.5, 0.6) is 0 Å². The van der Waals surface area contributed by atoms with Crippen molar-refractivity contribution in [1.29, 1.82) is 0 Å². The number of nitrogen functional groups attached to an aromatic ring is 1. The van der Waals surface area contributed by atoms with Gasteiger partial charge < -0.3 is 5.73 Å². The molecule has 0 aliphatic rings. The molecule has 0 aliphatic heterocycles. The summed E-state index contributed by atoms with van der Waals surface area (Å²) < 4.78 is 28.0. The summed E-state index contributed by atoms with van der Waals surface area (Å²) in [7, 11) is -2.40. The molecule has 6 nitrogen and oxygen atoms in total. The van der Waals surface area contributed by atoms with Gasteiger partial charge in [-0.15, -0.1) is 0 Å². The second-order valence-corrected chi connectivity index (χ2v) is 6.80. The second kappa shape index (κ2) is 5.33. The summed E-state index contributed by atoms with van der Waals surface area (Å²) in [5.74, 6) is -0.124. The van der Waals surface area contributed by atoms with E-state index in [1.54, 1.807) is 7.05 Å². The van der Waals surface area contributed by atoms with Crippen LogP contribution in [-0.4, -0.2) is 18.2 Å². The highest BCUT2D eigenvalue weighted by Gasteiger charge is 2.23. The van der Waals surface area contributed by atoms with Crippen LogP contribution >= 0.6 is 34.8 Å². The van der Waals surface area contributed by atoms with Crippen molar-refractivity contribution in [2.45, 2.75) is 4.90 Å². The summed E-state index contributed by atoms with van der Waals surface area (Å²) in [6.07, 6.45) is 1.27. The van der Waals surface area contributed by atoms with Crippen LogP contribution < -0.4 is 10.5 Å². The van der Waals surface area contributed by atoms with Crippen LogP contribution in [0.3, 0.4) is 0 Å². The van der Waals surface area contributed by atoms with Crippen LogP contribution in [0.4, 0.5) is 11.5 Å². The Morgan fingerprint density at radius 1 is 1.25 bits per heavy atom. The van der Waals surface area contributed by atoms with Crippen molar-refractivity contribution in [3.05, 3.63) is 33.4 Å². The standard InChI is InChI=1S/C10H9Cl3N4O2S/c1-17-4-8(10(14)15-17)20(18,19)16-9-6(12)2-5(11)3-7(9)13/h2-4,16H,1H3,(H2,14,15). The first kappa shape index (κ1) is 15.2. The first-order valence-electron chi connectivity index (χ1n) is 5.17. The fourth-order valence-corrected chi connectivity index (χ4v) is 3.75. The van der Waals surface area contributed by atoms with Crippen molar-refractivity contribution in [2.24, 2.45) is 7.05 Å². The van der Waals surface area contributed by atoms with Crippen LogP contribution in [0.15, 0.2) is 23.2 Å². The number of hydrogen-bond acceptors (Lipinski definition) is 4. The third-order valence-electron chi connectivity index (χ3n) is 2.35. The van der Waals surface area contributed by atoms with Crippen LogP contribution in [0.2, 0.25) is 15.1 Å². The average Bonchev–Trinajstić information content (AvgIpc) is 2.64. The number of nitrogens with two attached hydrogens (primary N) is 1. The normalized spacial score (nSPS) is 11.6. The Balaban J connectivity index is 2.46. The van der Waals surface area contributed by atoms with Crippen LogP contribution in [-0.2, 0) is 17.1 Å². The van der Waals surface area contributed by atoms with E-state index in [4.69, 9.17) is 40.5 Å². The summed E-state index contributed by atoms with van der Waals surface area (Å²) >= 11 is 17.6. The van der Waals surface area contributed by atoms with Crippen molar-refractivity contribution >= 4 is 56.3 Å². The maximum atomic E-state index is 12.2. The largest absolute Gasteiger partial charge is 0.381 e. The van der Waals surface area contributed by atoms with Gasteiger partial charge in [-0.25, -0.2) is 8.42 Å². The predicted octanol–water partition coefficient (Wildman–Crippen LogP) is 2.76. The molecule has 0 unspecified atom stereocenters. The molecule has 1 aromatic carbocycles. The number of aryl methyl sites for hydroxylation is 1. The van der Waals surface area contributed by atoms with Gasteiger partial charge in [0.1, 0.15) is 4.90 Å². The van der Waals surface area contributed by atoms with Gasteiger partial charge in [0, 0.05) is 18.3 Å². The Morgan fingerprint density at radius 2 is 1.80 bits per heavy atom. The third kappa shape index (κ3) is 2.95. The molecule has 0 saturated heterocycles. The zero-order chi connectivity index (χ0) is 15.1. The molecule has 1 aromatic heterocycles. The van der Waals surface area contributed by atoms with Crippen LogP contribution in [0.25, 0.3) is 0 Å². The lowest BCUT2D eigenvalue weighted by molar-refractivity contribution is 0.601. The minimum atomic E-state index is -3.95. The van der Waals surface area contributed by atoms with E-state index >= 15 is 0 Å². The number of hydrogen-bond donors (Lipinski definition) is 2. The highest BCUT2D eigenvalue weighted by atomic mass is 35.5. The Labute approximate surface area is 130 Å². The monoisotopic (exact) mass is 354 g/mol. The Kier molecular flexibility index (Phi) is 4.06. The smallest absolute Gasteiger partial charge is 0.267 e. The molecule has 20 heavy (non-hydrogen) atoms. The number of aromatic nitrogens is 2. The number of sulfonamides is 1. The molecule has 108 valence electrons. The molecule has 2 aromatic rings. The number of nitrogens with zero attached hydrogens (tertiary/aromatic N) is 2. The second-order valence-electron chi connectivity index (χ2n) is 3.90. The zero-order valence-electron chi connectivity index (χ0n) is 10.1. The Bertz CT molecular complexity index is 750. The summed E-state index contributed by atoms with van der Waals surface area (Å²) in [4.78, 5) is -0.165. The lowest BCUT2D eigenvalue weighted by Crippen LogP contribution is -2.14. The summed E-state index contributed by atoms with van der Waals surface area (Å²) in [5, 5.41) is 4.22. The van der Waals surface area contributed by atoms with E-state index in [1.165, 1.54) is 23.0 Å². The predicted molar refractivity (Wildman–Crippen MR) is 79.9 cm³/mol. The van der Waals surface area contributed by atoms with E-state index in [-0.39, 0.29) is 26.4 Å². The summed E-state index contributed by atoms with van der Waals surface area (Å²) in [6, 6.07) is 2.75. The maximum absolute atomic E-state index is 12.2. The maximum Gasteiger partial charge on any atom is 0.267 e. The lowest BCUT2D eigenvalue weighted by Gasteiger charge is -2.10. The Morgan fingerprint density at radius 3 is 2.25 bits per heavy atom. The molecular formula is C10H9Cl3N4O2S. The van der Waals surface area contributed by atoms with Crippen LogP contribution in [0, 0.1) is 0 Å². The van der Waals surface area contributed by atoms with E-state index in [9.17, 15) is 8.42 Å². The number of rotatable bonds is 3. The quantitative estimate of drug-likeness (QED) is 0.886. The van der Waals surface area contributed by atoms with Gasteiger partial charge in [0.15, 0.2) is 5.82 Å². The molecule has 0 radical (unpaired) electrons. The number of benzene rings is 1. The van der Waals surface area contributed by atoms with E-state index in [0.29, 0.717) is 5.02 Å². The highest BCUT2D eigenvalue weighted by Crippen LogP contribution is 2.35. The van der Waals surface area contributed by atoms with Crippen molar-refractivity contribution in [3.63, 3.8) is 0 Å². The Hall–Kier alpha value is -1.15. The molecule has 2 rings (SSSR count). The van der Waals surface area contributed by atoms with E-state index in [2.05, 4.69) is 9.82 Å². The zero-order valence-corrected chi connectivity index (χ0v) is 13.1. The highest BCUT2D eigenvalue weighted by molar-refractivity contribution is 7.92. The minimum Gasteiger partial charge on any atom is -0.381 e. The van der Waals surface area contributed by atoms with Gasteiger partial charge in [-0.2, -0.15) is 5.10 Å². The van der Waals surface area contributed by atoms with Gasteiger partial charge in [-0.05, 0) is 12.1 Å². The van der Waals surface area contributed by atoms with Gasteiger partial charge in [-0.3, -0.25) is 9.40 Å². The van der Waals surface area contributed by atoms with Gasteiger partial charge >= 0.3 is 0 Å². The van der Waals surface area contributed by atoms with Crippen molar-refractivity contribution < 1.29 is 8.42 Å². The number of anilines is 2. The fraction of sp³-hybridized carbons (Fsp3) is 0.100. The van der Waals surface area contributed by atoms with Gasteiger partial charge in [-0.1, -0.05) is 34.8 Å². The lowest BCUT2D eigenvalue weighted by atomic mass is 10.3. The van der Waals surface area contributed by atoms with Gasteiger partial charge in [0.2, 0.25) is 0 Å². The molecule has 10 heteroatoms. The molecule has 0 fully saturated rings.